The first-order valence-corrected chi connectivity index (χ1v) is 8.83. The van der Waals surface area contributed by atoms with Crippen molar-refractivity contribution in [3.05, 3.63) is 17.3 Å². The maximum Gasteiger partial charge on any atom is 0.151 e. The quantitative estimate of drug-likeness (QED) is 0.825. The Hall–Kier alpha value is -1.24. The van der Waals surface area contributed by atoms with Crippen molar-refractivity contribution in [3.63, 3.8) is 0 Å². The van der Waals surface area contributed by atoms with E-state index in [2.05, 4.69) is 26.5 Å². The molecule has 0 bridgehead atoms. The zero-order chi connectivity index (χ0) is 15.7. The van der Waals surface area contributed by atoms with Crippen molar-refractivity contribution in [1.29, 1.82) is 0 Å². The summed E-state index contributed by atoms with van der Waals surface area (Å²) in [6, 6.07) is 2.22. The molecule has 6 nitrogen and oxygen atoms in total. The number of hydrogen-bond acceptors (Lipinski definition) is 6. The highest BCUT2D eigenvalue weighted by atomic mass is 16.5. The van der Waals surface area contributed by atoms with Gasteiger partial charge in [0.1, 0.15) is 5.60 Å². The second kappa shape index (κ2) is 6.34. The molecule has 1 aromatic heterocycles. The van der Waals surface area contributed by atoms with Crippen LogP contribution in [0.1, 0.15) is 30.5 Å². The van der Waals surface area contributed by atoms with Gasteiger partial charge in [0.15, 0.2) is 5.82 Å². The van der Waals surface area contributed by atoms with Crippen molar-refractivity contribution in [1.82, 2.24) is 15.5 Å². The summed E-state index contributed by atoms with van der Waals surface area (Å²) < 4.78 is 5.38. The Morgan fingerprint density at radius 1 is 1.30 bits per heavy atom. The van der Waals surface area contributed by atoms with Gasteiger partial charge in [-0.05, 0) is 43.7 Å². The maximum atomic E-state index is 10.4. The van der Waals surface area contributed by atoms with Crippen LogP contribution in [0.2, 0.25) is 0 Å². The van der Waals surface area contributed by atoms with Crippen LogP contribution in [0.3, 0.4) is 0 Å². The molecule has 0 radical (unpaired) electrons. The molecular formula is C17H26N4O2. The Morgan fingerprint density at radius 3 is 3.04 bits per heavy atom. The number of ether oxygens (including phenoxy) is 1. The summed E-state index contributed by atoms with van der Waals surface area (Å²) >= 11 is 0. The van der Waals surface area contributed by atoms with E-state index in [0.717, 1.165) is 57.7 Å². The third kappa shape index (κ3) is 3.34. The first kappa shape index (κ1) is 15.3. The van der Waals surface area contributed by atoms with Crippen molar-refractivity contribution in [2.24, 2.45) is 5.92 Å². The van der Waals surface area contributed by atoms with Crippen molar-refractivity contribution < 1.29 is 9.84 Å². The molecule has 2 saturated heterocycles. The normalized spacial score (nSPS) is 27.8. The lowest BCUT2D eigenvalue weighted by Gasteiger charge is -2.41. The predicted octanol–water partition coefficient (Wildman–Crippen LogP) is 0.533. The molecule has 2 N–H and O–H groups in total. The summed E-state index contributed by atoms with van der Waals surface area (Å²) in [6.45, 7) is 4.85. The number of rotatable bonds is 5. The predicted molar refractivity (Wildman–Crippen MR) is 87.6 cm³/mol. The van der Waals surface area contributed by atoms with Crippen LogP contribution < -0.4 is 10.2 Å². The van der Waals surface area contributed by atoms with Crippen LogP contribution in [0.4, 0.5) is 5.82 Å². The number of hydrogen-bond donors (Lipinski definition) is 2. The van der Waals surface area contributed by atoms with Crippen molar-refractivity contribution in [2.75, 3.05) is 44.3 Å². The summed E-state index contributed by atoms with van der Waals surface area (Å²) in [7, 11) is 0. The third-order valence-electron chi connectivity index (χ3n) is 5.28. The second-order valence-corrected chi connectivity index (χ2v) is 7.31. The fourth-order valence-electron chi connectivity index (χ4n) is 3.84. The molecule has 2 fully saturated rings. The largest absolute Gasteiger partial charge is 0.386 e. The lowest BCUT2D eigenvalue weighted by atomic mass is 9.95. The van der Waals surface area contributed by atoms with E-state index in [1.807, 2.05) is 0 Å². The number of aliphatic hydroxyl groups is 1. The number of fused-ring (bicyclic) bond motifs is 1. The smallest absolute Gasteiger partial charge is 0.151 e. The molecule has 6 heteroatoms. The summed E-state index contributed by atoms with van der Waals surface area (Å²) in [6.07, 6.45) is 5.24. The molecule has 1 aliphatic carbocycles. The lowest BCUT2D eigenvalue weighted by Crippen LogP contribution is -2.54. The van der Waals surface area contributed by atoms with Crippen LogP contribution in [-0.4, -0.2) is 60.3 Å². The summed E-state index contributed by atoms with van der Waals surface area (Å²) in [4.78, 5) is 2.30. The highest BCUT2D eigenvalue weighted by Gasteiger charge is 2.32. The molecule has 3 aliphatic rings. The fraction of sp³-hybridized carbons (Fsp3) is 0.765. The van der Waals surface area contributed by atoms with Crippen molar-refractivity contribution >= 4 is 5.82 Å². The van der Waals surface area contributed by atoms with Crippen LogP contribution in [0, 0.1) is 5.92 Å². The van der Waals surface area contributed by atoms with Gasteiger partial charge in [-0.1, -0.05) is 0 Å². The van der Waals surface area contributed by atoms with Gasteiger partial charge >= 0.3 is 0 Å². The molecule has 126 valence electrons. The van der Waals surface area contributed by atoms with Crippen LogP contribution in [-0.2, 0) is 17.6 Å². The van der Waals surface area contributed by atoms with Gasteiger partial charge < -0.3 is 20.1 Å². The average molecular weight is 318 g/mol. The van der Waals surface area contributed by atoms with Gasteiger partial charge in [-0.2, -0.15) is 5.10 Å². The molecule has 0 aromatic carbocycles. The van der Waals surface area contributed by atoms with E-state index in [9.17, 15) is 5.11 Å². The molecule has 0 spiro atoms. The second-order valence-electron chi connectivity index (χ2n) is 7.31. The Bertz CT molecular complexity index is 554. The molecule has 1 atom stereocenters. The van der Waals surface area contributed by atoms with E-state index < -0.39 is 5.60 Å². The van der Waals surface area contributed by atoms with E-state index in [4.69, 9.17) is 4.74 Å². The summed E-state index contributed by atoms with van der Waals surface area (Å²) in [5.41, 5.74) is 1.90. The van der Waals surface area contributed by atoms with E-state index in [1.54, 1.807) is 0 Å². The lowest BCUT2D eigenvalue weighted by molar-refractivity contribution is -0.0835. The standard InChI is InChI=1S/C17H26N4O2/c22-17(5-2-6-23-12-17)11-18-8-13-9-21(10-13)16-7-14-3-1-4-15(14)19-20-16/h7,13,18,22H,1-6,8-12H2. The van der Waals surface area contributed by atoms with Gasteiger partial charge in [-0.25, -0.2) is 0 Å². The number of nitrogens with zero attached hydrogens (tertiary/aromatic N) is 3. The van der Waals surface area contributed by atoms with Crippen LogP contribution in [0.25, 0.3) is 0 Å². The Balaban J connectivity index is 1.21. The van der Waals surface area contributed by atoms with Crippen LogP contribution in [0.15, 0.2) is 6.07 Å². The van der Waals surface area contributed by atoms with Gasteiger partial charge in [0, 0.05) is 38.7 Å². The minimum absolute atomic E-state index is 0.460. The van der Waals surface area contributed by atoms with Crippen molar-refractivity contribution in [3.8, 4) is 0 Å². The SMILES string of the molecule is OC1(CNCC2CN(c3cc4c(nn3)CCC4)C2)CCCOC1. The van der Waals surface area contributed by atoms with Crippen LogP contribution >= 0.6 is 0 Å². The molecule has 4 rings (SSSR count). The highest BCUT2D eigenvalue weighted by molar-refractivity contribution is 5.45. The van der Waals surface area contributed by atoms with Gasteiger partial charge in [-0.15, -0.1) is 5.10 Å². The minimum Gasteiger partial charge on any atom is -0.386 e. The van der Waals surface area contributed by atoms with E-state index >= 15 is 0 Å². The highest BCUT2D eigenvalue weighted by Crippen LogP contribution is 2.27. The van der Waals surface area contributed by atoms with E-state index in [-0.39, 0.29) is 0 Å². The molecule has 3 heterocycles. The molecule has 1 unspecified atom stereocenters. The Labute approximate surface area is 137 Å². The number of aromatic nitrogens is 2. The molecule has 0 amide bonds. The summed E-state index contributed by atoms with van der Waals surface area (Å²) in [5.74, 6) is 1.65. The van der Waals surface area contributed by atoms with E-state index in [1.165, 1.54) is 17.7 Å². The Kier molecular flexibility index (Phi) is 4.22. The van der Waals surface area contributed by atoms with Crippen LogP contribution in [0.5, 0.6) is 0 Å². The first-order valence-electron chi connectivity index (χ1n) is 8.83. The fourth-order valence-corrected chi connectivity index (χ4v) is 3.84. The zero-order valence-corrected chi connectivity index (χ0v) is 13.6. The van der Waals surface area contributed by atoms with Crippen molar-refractivity contribution in [2.45, 2.75) is 37.7 Å². The van der Waals surface area contributed by atoms with Gasteiger partial charge in [0.25, 0.3) is 0 Å². The first-order chi connectivity index (χ1) is 11.2. The molecule has 23 heavy (non-hydrogen) atoms. The molecule has 2 aliphatic heterocycles. The summed E-state index contributed by atoms with van der Waals surface area (Å²) in [5, 5.41) is 22.5. The zero-order valence-electron chi connectivity index (χ0n) is 13.6. The molecule has 0 saturated carbocycles. The number of aryl methyl sites for hydroxylation is 2. The maximum absolute atomic E-state index is 10.4. The Morgan fingerprint density at radius 2 is 2.22 bits per heavy atom. The third-order valence-corrected chi connectivity index (χ3v) is 5.28. The van der Waals surface area contributed by atoms with Gasteiger partial charge in [0.05, 0.1) is 12.3 Å². The molecule has 1 aromatic rings. The topological polar surface area (TPSA) is 70.5 Å². The molecular weight excluding hydrogens is 292 g/mol. The number of anilines is 1. The average Bonchev–Trinajstić information content (AvgIpc) is 2.97. The van der Waals surface area contributed by atoms with E-state index in [0.29, 0.717) is 19.1 Å². The van der Waals surface area contributed by atoms with Gasteiger partial charge in [0.2, 0.25) is 0 Å². The monoisotopic (exact) mass is 318 g/mol. The number of nitrogens with one attached hydrogen (secondary N) is 1. The van der Waals surface area contributed by atoms with Gasteiger partial charge in [-0.3, -0.25) is 0 Å². The minimum atomic E-state index is -0.673.